The van der Waals surface area contributed by atoms with Gasteiger partial charge < -0.3 is 16.2 Å². The third kappa shape index (κ3) is 5.90. The number of ketones is 1. The van der Waals surface area contributed by atoms with Crippen LogP contribution in [0, 0.1) is 0 Å². The Balaban J connectivity index is 3.86. The molecule has 0 aliphatic rings. The molecule has 0 aliphatic heterocycles. The molecule has 0 rings (SSSR count). The van der Waals surface area contributed by atoms with E-state index >= 15 is 0 Å². The molecule has 1 atom stereocenters. The van der Waals surface area contributed by atoms with E-state index in [0.29, 0.717) is 0 Å². The van der Waals surface area contributed by atoms with Gasteiger partial charge in [0.1, 0.15) is 6.04 Å². The summed E-state index contributed by atoms with van der Waals surface area (Å²) in [6.07, 6.45) is 2.11. The van der Waals surface area contributed by atoms with E-state index in [-0.39, 0.29) is 12.3 Å². The summed E-state index contributed by atoms with van der Waals surface area (Å²) in [7, 11) is 0. The molecule has 6 heteroatoms. The fourth-order valence-electron chi connectivity index (χ4n) is 0.550. The molecule has 0 unspecified atom stereocenters. The van der Waals surface area contributed by atoms with Crippen molar-refractivity contribution in [1.82, 2.24) is 5.32 Å². The van der Waals surface area contributed by atoms with Gasteiger partial charge in [-0.1, -0.05) is 0 Å². The van der Waals surface area contributed by atoms with Gasteiger partial charge in [-0.25, -0.2) is 0 Å². The largest absolute Gasteiger partial charge is 0.480 e. The van der Waals surface area contributed by atoms with Gasteiger partial charge in [0.2, 0.25) is 5.91 Å². The minimum absolute atomic E-state index is 0.170. The molecule has 0 saturated carbocycles. The van der Waals surface area contributed by atoms with E-state index in [1.165, 1.54) is 6.92 Å². The summed E-state index contributed by atoms with van der Waals surface area (Å²) in [6, 6.07) is -1.13. The fraction of sp³-hybridized carbons (Fsp3) is 0.375. The molecular formula is C8H12N2O4. The highest BCUT2D eigenvalue weighted by atomic mass is 16.4. The zero-order valence-electron chi connectivity index (χ0n) is 7.69. The average molecular weight is 200 g/mol. The van der Waals surface area contributed by atoms with E-state index in [0.717, 1.165) is 12.2 Å². The Morgan fingerprint density at radius 3 is 2.43 bits per heavy atom. The second kappa shape index (κ2) is 5.87. The van der Waals surface area contributed by atoms with Crippen LogP contribution in [0.3, 0.4) is 0 Å². The summed E-state index contributed by atoms with van der Waals surface area (Å²) in [6.45, 7) is 1.13. The Morgan fingerprint density at radius 2 is 2.00 bits per heavy atom. The molecule has 0 fully saturated rings. The van der Waals surface area contributed by atoms with Gasteiger partial charge in [0.15, 0.2) is 5.78 Å². The van der Waals surface area contributed by atoms with Gasteiger partial charge in [0.25, 0.3) is 0 Å². The maximum Gasteiger partial charge on any atom is 0.322 e. The summed E-state index contributed by atoms with van der Waals surface area (Å²) in [5.41, 5.74) is 5.12. The van der Waals surface area contributed by atoms with Gasteiger partial charge in [-0.2, -0.15) is 0 Å². The van der Waals surface area contributed by atoms with Gasteiger partial charge in [-0.3, -0.25) is 14.4 Å². The third-order valence-corrected chi connectivity index (χ3v) is 1.28. The van der Waals surface area contributed by atoms with Gasteiger partial charge in [-0.15, -0.1) is 0 Å². The molecule has 0 aromatic heterocycles. The molecule has 0 radical (unpaired) electrons. The number of rotatable bonds is 5. The van der Waals surface area contributed by atoms with Crippen molar-refractivity contribution < 1.29 is 19.5 Å². The maximum absolute atomic E-state index is 10.9. The van der Waals surface area contributed by atoms with Crippen LogP contribution < -0.4 is 11.1 Å². The molecule has 0 bridgehead atoms. The Hall–Kier alpha value is -1.69. The summed E-state index contributed by atoms with van der Waals surface area (Å²) < 4.78 is 0. The van der Waals surface area contributed by atoms with Crippen LogP contribution in [0.5, 0.6) is 0 Å². The second-order valence-corrected chi connectivity index (χ2v) is 2.63. The first kappa shape index (κ1) is 12.3. The van der Waals surface area contributed by atoms with Crippen LogP contribution in [0.15, 0.2) is 12.2 Å². The Morgan fingerprint density at radius 1 is 1.43 bits per heavy atom. The maximum atomic E-state index is 10.9. The van der Waals surface area contributed by atoms with E-state index < -0.39 is 17.9 Å². The van der Waals surface area contributed by atoms with E-state index in [4.69, 9.17) is 10.8 Å². The predicted molar refractivity (Wildman–Crippen MR) is 48.4 cm³/mol. The Kier molecular flexibility index (Phi) is 5.16. The van der Waals surface area contributed by atoms with E-state index in [2.05, 4.69) is 5.32 Å². The SMILES string of the molecule is CC(=O)/C=C/C(=O)NC[C@H](N)C(=O)O. The second-order valence-electron chi connectivity index (χ2n) is 2.63. The van der Waals surface area contributed by atoms with Crippen molar-refractivity contribution in [3.63, 3.8) is 0 Å². The number of nitrogens with one attached hydrogen (secondary N) is 1. The van der Waals surface area contributed by atoms with Crippen molar-refractivity contribution >= 4 is 17.7 Å². The number of carbonyl (C=O) groups is 3. The van der Waals surface area contributed by atoms with Crippen LogP contribution in [0.2, 0.25) is 0 Å². The topological polar surface area (TPSA) is 109 Å². The van der Waals surface area contributed by atoms with Crippen molar-refractivity contribution in [2.75, 3.05) is 6.54 Å². The molecule has 0 aromatic carbocycles. The first-order chi connectivity index (χ1) is 6.43. The van der Waals surface area contributed by atoms with Crippen molar-refractivity contribution in [1.29, 1.82) is 0 Å². The van der Waals surface area contributed by atoms with Gasteiger partial charge in [0.05, 0.1) is 0 Å². The summed E-state index contributed by atoms with van der Waals surface area (Å²) >= 11 is 0. The molecule has 78 valence electrons. The number of amides is 1. The van der Waals surface area contributed by atoms with Crippen LogP contribution >= 0.6 is 0 Å². The van der Waals surface area contributed by atoms with Crippen LogP contribution in [-0.2, 0) is 14.4 Å². The van der Waals surface area contributed by atoms with E-state index in [9.17, 15) is 14.4 Å². The number of hydrogen-bond acceptors (Lipinski definition) is 4. The Bertz CT molecular complexity index is 273. The number of allylic oxidation sites excluding steroid dienone is 1. The molecule has 0 spiro atoms. The lowest BCUT2D eigenvalue weighted by atomic mass is 10.3. The first-order valence-corrected chi connectivity index (χ1v) is 3.88. The van der Waals surface area contributed by atoms with Crippen LogP contribution in [-0.4, -0.2) is 35.4 Å². The molecule has 0 aromatic rings. The van der Waals surface area contributed by atoms with E-state index in [1.807, 2.05) is 0 Å². The lowest BCUT2D eigenvalue weighted by Gasteiger charge is -2.05. The number of carboxylic acid groups (broad SMARTS) is 1. The number of hydrogen-bond donors (Lipinski definition) is 3. The molecule has 0 aliphatic carbocycles. The number of aliphatic carboxylic acids is 1. The highest BCUT2D eigenvalue weighted by Crippen LogP contribution is 1.79. The number of carbonyl (C=O) groups excluding carboxylic acids is 2. The lowest BCUT2D eigenvalue weighted by Crippen LogP contribution is -2.41. The summed E-state index contributed by atoms with van der Waals surface area (Å²) in [5.74, 6) is -2.00. The minimum Gasteiger partial charge on any atom is -0.480 e. The van der Waals surface area contributed by atoms with Gasteiger partial charge in [0, 0.05) is 12.6 Å². The average Bonchev–Trinajstić information content (AvgIpc) is 2.10. The van der Waals surface area contributed by atoms with Gasteiger partial charge in [-0.05, 0) is 13.0 Å². The molecular weight excluding hydrogens is 188 g/mol. The zero-order chi connectivity index (χ0) is 11.1. The summed E-state index contributed by atoms with van der Waals surface area (Å²) in [4.78, 5) is 31.5. The quantitative estimate of drug-likeness (QED) is 0.476. The molecule has 6 nitrogen and oxygen atoms in total. The highest BCUT2D eigenvalue weighted by Gasteiger charge is 2.11. The molecule has 0 saturated heterocycles. The van der Waals surface area contributed by atoms with Crippen LogP contribution in [0.25, 0.3) is 0 Å². The Labute approximate surface area is 80.8 Å². The lowest BCUT2D eigenvalue weighted by molar-refractivity contribution is -0.138. The van der Waals surface area contributed by atoms with Gasteiger partial charge >= 0.3 is 5.97 Å². The number of carboxylic acids is 1. The normalized spacial score (nSPS) is 12.4. The predicted octanol–water partition coefficient (Wildman–Crippen LogP) is -1.34. The zero-order valence-corrected chi connectivity index (χ0v) is 7.69. The smallest absolute Gasteiger partial charge is 0.322 e. The van der Waals surface area contributed by atoms with E-state index in [1.54, 1.807) is 0 Å². The summed E-state index contributed by atoms with van der Waals surface area (Å²) in [5, 5.41) is 10.6. The van der Waals surface area contributed by atoms with Crippen molar-refractivity contribution in [3.8, 4) is 0 Å². The molecule has 1 amide bonds. The van der Waals surface area contributed by atoms with Crippen molar-refractivity contribution in [3.05, 3.63) is 12.2 Å². The molecule has 14 heavy (non-hydrogen) atoms. The number of nitrogens with two attached hydrogens (primary N) is 1. The molecule has 0 heterocycles. The monoisotopic (exact) mass is 200 g/mol. The van der Waals surface area contributed by atoms with Crippen LogP contribution in [0.1, 0.15) is 6.92 Å². The fourth-order valence-corrected chi connectivity index (χ4v) is 0.550. The molecule has 4 N–H and O–H groups in total. The first-order valence-electron chi connectivity index (χ1n) is 3.88. The minimum atomic E-state index is -1.19. The highest BCUT2D eigenvalue weighted by molar-refractivity contribution is 5.96. The van der Waals surface area contributed by atoms with Crippen LogP contribution in [0.4, 0.5) is 0 Å². The standard InChI is InChI=1S/C8H12N2O4/c1-5(11)2-3-7(12)10-4-6(9)8(13)14/h2-3,6H,4,9H2,1H3,(H,10,12)(H,13,14)/b3-2+/t6-/m0/s1. The third-order valence-electron chi connectivity index (χ3n) is 1.28. The van der Waals surface area contributed by atoms with Crippen molar-refractivity contribution in [2.45, 2.75) is 13.0 Å². The van der Waals surface area contributed by atoms with Crippen molar-refractivity contribution in [2.24, 2.45) is 5.73 Å².